The van der Waals surface area contributed by atoms with Crippen LogP contribution in [0.15, 0.2) is 30.3 Å². The number of carbonyl (C=O) groups excluding carboxylic acids is 1. The highest BCUT2D eigenvalue weighted by molar-refractivity contribution is 5.78. The first-order chi connectivity index (χ1) is 10.7. The minimum absolute atomic E-state index is 0.0581. The van der Waals surface area contributed by atoms with E-state index < -0.39 is 0 Å². The third kappa shape index (κ3) is 5.00. The molecular weight excluding hydrogens is 278 g/mol. The summed E-state index contributed by atoms with van der Waals surface area (Å²) in [5.41, 5.74) is 1.19. The number of carbonyl (C=O) groups is 1. The van der Waals surface area contributed by atoms with Crippen LogP contribution >= 0.6 is 0 Å². The maximum Gasteiger partial charge on any atom is 0.234 e. The summed E-state index contributed by atoms with van der Waals surface area (Å²) in [6.07, 6.45) is 2.98. The van der Waals surface area contributed by atoms with E-state index in [2.05, 4.69) is 34.3 Å². The van der Waals surface area contributed by atoms with Crippen LogP contribution in [0.3, 0.4) is 0 Å². The number of amides is 1. The number of para-hydroxylation sites is 1. The molecule has 1 amide bonds. The summed E-state index contributed by atoms with van der Waals surface area (Å²) < 4.78 is 0. The predicted octanol–water partition coefficient (Wildman–Crippen LogP) is 1.09. The van der Waals surface area contributed by atoms with Crippen molar-refractivity contribution < 1.29 is 9.90 Å². The third-order valence-corrected chi connectivity index (χ3v) is 4.25. The van der Waals surface area contributed by atoms with E-state index in [9.17, 15) is 9.90 Å². The maximum atomic E-state index is 11.9. The van der Waals surface area contributed by atoms with Crippen molar-refractivity contribution in [2.24, 2.45) is 0 Å². The average Bonchev–Trinajstić information content (AvgIpc) is 2.99. The number of benzene rings is 1. The van der Waals surface area contributed by atoms with Crippen LogP contribution in [0.2, 0.25) is 0 Å². The van der Waals surface area contributed by atoms with Crippen LogP contribution in [0.1, 0.15) is 19.3 Å². The molecule has 0 bridgehead atoms. The Balaban J connectivity index is 1.61. The van der Waals surface area contributed by atoms with Crippen molar-refractivity contribution in [1.29, 1.82) is 0 Å². The molecule has 0 aromatic heterocycles. The summed E-state index contributed by atoms with van der Waals surface area (Å²) in [6, 6.07) is 10.4. The minimum atomic E-state index is 0.0581. The second-order valence-corrected chi connectivity index (χ2v) is 5.91. The lowest BCUT2D eigenvalue weighted by Gasteiger charge is -2.22. The van der Waals surface area contributed by atoms with E-state index in [0.29, 0.717) is 13.1 Å². The zero-order chi connectivity index (χ0) is 15.8. The van der Waals surface area contributed by atoms with Gasteiger partial charge in [-0.25, -0.2) is 0 Å². The highest BCUT2D eigenvalue weighted by atomic mass is 16.3. The molecule has 1 atom stereocenters. The Labute approximate surface area is 132 Å². The molecule has 2 rings (SSSR count). The van der Waals surface area contributed by atoms with Crippen LogP contribution in [0, 0.1) is 0 Å². The topological polar surface area (TPSA) is 55.8 Å². The first-order valence-corrected chi connectivity index (χ1v) is 8.08. The van der Waals surface area contributed by atoms with Crippen molar-refractivity contribution in [2.45, 2.75) is 25.3 Å². The van der Waals surface area contributed by atoms with Gasteiger partial charge in [0.15, 0.2) is 0 Å². The van der Waals surface area contributed by atoms with Gasteiger partial charge in [0.2, 0.25) is 5.91 Å². The van der Waals surface area contributed by atoms with Crippen LogP contribution < -0.4 is 10.2 Å². The molecule has 1 aromatic carbocycles. The quantitative estimate of drug-likeness (QED) is 0.706. The summed E-state index contributed by atoms with van der Waals surface area (Å²) in [4.78, 5) is 16.2. The normalized spacial score (nSPS) is 18.4. The van der Waals surface area contributed by atoms with Crippen molar-refractivity contribution in [3.05, 3.63) is 30.3 Å². The molecule has 0 spiro atoms. The van der Waals surface area contributed by atoms with Gasteiger partial charge in [0.1, 0.15) is 0 Å². The molecule has 1 heterocycles. The Hall–Kier alpha value is -1.59. The lowest BCUT2D eigenvalue weighted by Crippen LogP contribution is -2.41. The Morgan fingerprint density at radius 2 is 2.18 bits per heavy atom. The molecule has 0 aliphatic carbocycles. The molecule has 0 unspecified atom stereocenters. The zero-order valence-electron chi connectivity index (χ0n) is 13.4. The lowest BCUT2D eigenvalue weighted by atomic mass is 10.2. The van der Waals surface area contributed by atoms with Crippen molar-refractivity contribution in [3.8, 4) is 0 Å². The van der Waals surface area contributed by atoms with Crippen LogP contribution in [-0.4, -0.2) is 61.8 Å². The van der Waals surface area contributed by atoms with E-state index in [1.54, 1.807) is 0 Å². The van der Waals surface area contributed by atoms with Crippen LogP contribution in [-0.2, 0) is 4.79 Å². The first-order valence-electron chi connectivity index (χ1n) is 8.08. The van der Waals surface area contributed by atoms with E-state index in [1.165, 1.54) is 5.69 Å². The average molecular weight is 305 g/mol. The van der Waals surface area contributed by atoms with E-state index in [0.717, 1.165) is 32.4 Å². The van der Waals surface area contributed by atoms with Crippen molar-refractivity contribution in [1.82, 2.24) is 10.2 Å². The van der Waals surface area contributed by atoms with Gasteiger partial charge in [-0.05, 0) is 37.9 Å². The van der Waals surface area contributed by atoms with Gasteiger partial charge in [0, 0.05) is 31.9 Å². The number of nitrogens with one attached hydrogen (secondary N) is 1. The minimum Gasteiger partial charge on any atom is -0.395 e. The number of nitrogens with zero attached hydrogens (tertiary/aromatic N) is 2. The summed E-state index contributed by atoms with van der Waals surface area (Å²) in [6.45, 7) is 3.06. The Bertz CT molecular complexity index is 452. The van der Waals surface area contributed by atoms with Gasteiger partial charge in [-0.2, -0.15) is 0 Å². The fourth-order valence-corrected chi connectivity index (χ4v) is 2.91. The smallest absolute Gasteiger partial charge is 0.234 e. The molecule has 1 fully saturated rings. The fourth-order valence-electron chi connectivity index (χ4n) is 2.91. The number of hydrogen-bond acceptors (Lipinski definition) is 4. The largest absolute Gasteiger partial charge is 0.395 e. The van der Waals surface area contributed by atoms with Crippen molar-refractivity contribution in [2.75, 3.05) is 44.7 Å². The SMILES string of the molecule is CN(CCCNC(=O)CN1CCC[C@@H]1CO)c1ccccc1. The first kappa shape index (κ1) is 16.8. The van der Waals surface area contributed by atoms with Crippen LogP contribution in [0.5, 0.6) is 0 Å². The molecule has 5 nitrogen and oxygen atoms in total. The monoisotopic (exact) mass is 305 g/mol. The number of anilines is 1. The third-order valence-electron chi connectivity index (χ3n) is 4.25. The van der Waals surface area contributed by atoms with Gasteiger partial charge < -0.3 is 15.3 Å². The van der Waals surface area contributed by atoms with Gasteiger partial charge >= 0.3 is 0 Å². The lowest BCUT2D eigenvalue weighted by molar-refractivity contribution is -0.122. The molecule has 122 valence electrons. The second kappa shape index (κ2) is 8.76. The highest BCUT2D eigenvalue weighted by Gasteiger charge is 2.25. The number of hydrogen-bond donors (Lipinski definition) is 2. The van der Waals surface area contributed by atoms with E-state index in [4.69, 9.17) is 0 Å². The number of rotatable bonds is 8. The highest BCUT2D eigenvalue weighted by Crippen LogP contribution is 2.15. The number of aliphatic hydroxyl groups excluding tert-OH is 1. The van der Waals surface area contributed by atoms with Crippen LogP contribution in [0.4, 0.5) is 5.69 Å². The Morgan fingerprint density at radius 3 is 2.91 bits per heavy atom. The fraction of sp³-hybridized carbons (Fsp3) is 0.588. The van der Waals surface area contributed by atoms with Crippen molar-refractivity contribution >= 4 is 11.6 Å². The molecule has 0 radical (unpaired) electrons. The Morgan fingerprint density at radius 1 is 1.41 bits per heavy atom. The maximum absolute atomic E-state index is 11.9. The molecule has 1 aliphatic rings. The van der Waals surface area contributed by atoms with E-state index in [1.807, 2.05) is 18.2 Å². The van der Waals surface area contributed by atoms with Gasteiger partial charge in [-0.15, -0.1) is 0 Å². The summed E-state index contributed by atoms with van der Waals surface area (Å²) in [5, 5.41) is 12.2. The molecule has 1 saturated heterocycles. The van der Waals surface area contributed by atoms with Crippen molar-refractivity contribution in [3.63, 3.8) is 0 Å². The van der Waals surface area contributed by atoms with E-state index in [-0.39, 0.29) is 18.6 Å². The van der Waals surface area contributed by atoms with Crippen LogP contribution in [0.25, 0.3) is 0 Å². The molecule has 1 aliphatic heterocycles. The van der Waals surface area contributed by atoms with E-state index >= 15 is 0 Å². The van der Waals surface area contributed by atoms with Gasteiger partial charge in [-0.3, -0.25) is 9.69 Å². The Kier molecular flexibility index (Phi) is 6.68. The second-order valence-electron chi connectivity index (χ2n) is 5.91. The number of likely N-dealkylation sites (tertiary alicyclic amines) is 1. The van der Waals surface area contributed by atoms with Gasteiger partial charge in [0.05, 0.1) is 13.2 Å². The molecule has 22 heavy (non-hydrogen) atoms. The molecule has 2 N–H and O–H groups in total. The standard InChI is InChI=1S/C17H27N3O2/c1-19(15-7-3-2-4-8-15)11-6-10-18-17(22)13-20-12-5-9-16(20)14-21/h2-4,7-8,16,21H,5-6,9-14H2,1H3,(H,18,22)/t16-/m1/s1. The summed E-state index contributed by atoms with van der Waals surface area (Å²) >= 11 is 0. The number of aliphatic hydroxyl groups is 1. The van der Waals surface area contributed by atoms with Gasteiger partial charge in [0.25, 0.3) is 0 Å². The zero-order valence-corrected chi connectivity index (χ0v) is 13.4. The predicted molar refractivity (Wildman–Crippen MR) is 89.0 cm³/mol. The summed E-state index contributed by atoms with van der Waals surface area (Å²) in [5.74, 6) is 0.0581. The molecule has 5 heteroatoms. The molecule has 0 saturated carbocycles. The molecule has 1 aromatic rings. The molecular formula is C17H27N3O2. The summed E-state index contributed by atoms with van der Waals surface area (Å²) in [7, 11) is 2.06. The van der Waals surface area contributed by atoms with Gasteiger partial charge in [-0.1, -0.05) is 18.2 Å².